The van der Waals surface area contributed by atoms with E-state index in [4.69, 9.17) is 23.2 Å². The second-order valence-electron chi connectivity index (χ2n) is 6.16. The van der Waals surface area contributed by atoms with Gasteiger partial charge in [0.15, 0.2) is 15.7 Å². The van der Waals surface area contributed by atoms with E-state index in [0.717, 1.165) is 15.3 Å². The van der Waals surface area contributed by atoms with E-state index in [-0.39, 0.29) is 0 Å². The number of benzene rings is 2. The molecule has 0 saturated carbocycles. The van der Waals surface area contributed by atoms with Gasteiger partial charge in [-0.05, 0) is 42.0 Å². The van der Waals surface area contributed by atoms with Crippen molar-refractivity contribution in [2.45, 2.75) is 4.90 Å². The topological polar surface area (TPSA) is 52.0 Å². The summed E-state index contributed by atoms with van der Waals surface area (Å²) in [5.41, 5.74) is 1.51. The highest BCUT2D eigenvalue weighted by atomic mass is 35.5. The fourth-order valence-corrected chi connectivity index (χ4v) is 5.12. The zero-order chi connectivity index (χ0) is 19.9. The molecule has 0 amide bonds. The van der Waals surface area contributed by atoms with Crippen LogP contribution >= 0.6 is 34.5 Å². The van der Waals surface area contributed by atoms with Crippen LogP contribution in [0.1, 0.15) is 0 Å². The number of hydrogen-bond acceptors (Lipinski definition) is 4. The second kappa shape index (κ2) is 7.37. The molecule has 0 saturated heterocycles. The lowest BCUT2D eigenvalue weighted by Crippen LogP contribution is -1.97. The summed E-state index contributed by atoms with van der Waals surface area (Å²) in [4.78, 5) is 6.63. The van der Waals surface area contributed by atoms with Crippen molar-refractivity contribution in [1.29, 1.82) is 0 Å². The van der Waals surface area contributed by atoms with E-state index in [2.05, 4.69) is 4.98 Å². The summed E-state index contributed by atoms with van der Waals surface area (Å²) in [7, 11) is -3.26. The van der Waals surface area contributed by atoms with Gasteiger partial charge in [-0.3, -0.25) is 4.57 Å². The normalized spacial score (nSPS) is 11.7. The van der Waals surface area contributed by atoms with Crippen molar-refractivity contribution in [3.05, 3.63) is 77.0 Å². The summed E-state index contributed by atoms with van der Waals surface area (Å²) in [6.07, 6.45) is 4.71. The minimum atomic E-state index is -3.26. The van der Waals surface area contributed by atoms with Crippen LogP contribution in [-0.2, 0) is 9.84 Å². The van der Waals surface area contributed by atoms with Crippen LogP contribution in [0.2, 0.25) is 10.0 Å². The van der Waals surface area contributed by atoms with Crippen LogP contribution in [0.5, 0.6) is 0 Å². The van der Waals surface area contributed by atoms with Crippen molar-refractivity contribution in [2.24, 2.45) is 0 Å². The molecule has 0 aliphatic rings. The van der Waals surface area contributed by atoms with Gasteiger partial charge in [-0.25, -0.2) is 13.4 Å². The van der Waals surface area contributed by atoms with Crippen molar-refractivity contribution in [1.82, 2.24) is 9.55 Å². The highest BCUT2D eigenvalue weighted by Crippen LogP contribution is 2.37. The largest absolute Gasteiger partial charge is 0.296 e. The molecule has 0 atom stereocenters. The fraction of sp³-hybridized carbons (Fsp3) is 0.0500. The number of thiophene rings is 1. The number of aromatic nitrogens is 2. The van der Waals surface area contributed by atoms with Gasteiger partial charge in [-0.15, -0.1) is 11.3 Å². The Balaban J connectivity index is 1.78. The van der Waals surface area contributed by atoms with Crippen molar-refractivity contribution in [3.8, 4) is 26.8 Å². The van der Waals surface area contributed by atoms with Crippen LogP contribution in [0.15, 0.2) is 71.9 Å². The third kappa shape index (κ3) is 3.61. The number of nitrogens with zero attached hydrogens (tertiary/aromatic N) is 2. The Morgan fingerprint density at radius 1 is 0.964 bits per heavy atom. The summed E-state index contributed by atoms with van der Waals surface area (Å²) < 4.78 is 25.5. The molecule has 0 aliphatic heterocycles. The predicted molar refractivity (Wildman–Crippen MR) is 115 cm³/mol. The van der Waals surface area contributed by atoms with Crippen LogP contribution < -0.4 is 0 Å². The number of hydrogen-bond donors (Lipinski definition) is 0. The molecule has 2 heterocycles. The van der Waals surface area contributed by atoms with Gasteiger partial charge in [0, 0.05) is 23.5 Å². The Morgan fingerprint density at radius 3 is 2.36 bits per heavy atom. The van der Waals surface area contributed by atoms with Crippen LogP contribution in [0.3, 0.4) is 0 Å². The Hall–Kier alpha value is -2.12. The molecule has 0 fully saturated rings. The first-order valence-corrected chi connectivity index (χ1v) is 11.7. The molecule has 142 valence electrons. The van der Waals surface area contributed by atoms with Crippen LogP contribution in [0, 0.1) is 0 Å². The van der Waals surface area contributed by atoms with Gasteiger partial charge in [0.2, 0.25) is 0 Å². The molecule has 0 spiro atoms. The number of halogens is 2. The number of imidazole rings is 1. The summed E-state index contributed by atoms with van der Waals surface area (Å²) in [5, 5.41) is 1.06. The Morgan fingerprint density at radius 2 is 1.64 bits per heavy atom. The van der Waals surface area contributed by atoms with E-state index in [1.807, 2.05) is 29.0 Å². The monoisotopic (exact) mass is 448 g/mol. The molecule has 0 unspecified atom stereocenters. The molecule has 0 bridgehead atoms. The summed E-state index contributed by atoms with van der Waals surface area (Å²) >= 11 is 14.2. The standard InChI is InChI=1S/C20H14Cl2N2O2S2/c1-28(25,26)14-5-2-4-13(12-14)17-8-9-18(27-17)20-23-10-11-24(20)19-15(21)6-3-7-16(19)22/h2-12H,1H3. The van der Waals surface area contributed by atoms with E-state index in [9.17, 15) is 8.42 Å². The highest BCUT2D eigenvalue weighted by Gasteiger charge is 2.16. The van der Waals surface area contributed by atoms with Crippen molar-refractivity contribution < 1.29 is 8.42 Å². The van der Waals surface area contributed by atoms with Gasteiger partial charge >= 0.3 is 0 Å². The van der Waals surface area contributed by atoms with Crippen molar-refractivity contribution >= 4 is 44.4 Å². The second-order valence-corrected chi connectivity index (χ2v) is 10.1. The van der Waals surface area contributed by atoms with Crippen molar-refractivity contribution in [3.63, 3.8) is 0 Å². The average Bonchev–Trinajstić information content (AvgIpc) is 3.30. The molecule has 8 heteroatoms. The SMILES string of the molecule is CS(=O)(=O)c1cccc(-c2ccc(-c3nccn3-c3c(Cl)cccc3Cl)s2)c1. The lowest BCUT2D eigenvalue weighted by Gasteiger charge is -2.10. The Bertz CT molecular complexity index is 1260. The first-order valence-electron chi connectivity index (χ1n) is 8.23. The third-order valence-electron chi connectivity index (χ3n) is 4.19. The Labute approximate surface area is 176 Å². The molecule has 4 aromatic rings. The van der Waals surface area contributed by atoms with Gasteiger partial charge in [0.1, 0.15) is 0 Å². The molecular formula is C20H14Cl2N2O2S2. The van der Waals surface area contributed by atoms with Crippen LogP contribution in [0.4, 0.5) is 0 Å². The molecule has 2 aromatic carbocycles. The quantitative estimate of drug-likeness (QED) is 0.385. The van der Waals surface area contributed by atoms with E-state index < -0.39 is 9.84 Å². The molecule has 4 rings (SSSR count). The van der Waals surface area contributed by atoms with Gasteiger partial charge in [0.25, 0.3) is 0 Å². The minimum Gasteiger partial charge on any atom is -0.296 e. The smallest absolute Gasteiger partial charge is 0.175 e. The number of para-hydroxylation sites is 1. The summed E-state index contributed by atoms with van der Waals surface area (Å²) in [6.45, 7) is 0. The maximum absolute atomic E-state index is 11.8. The van der Waals surface area contributed by atoms with E-state index in [1.165, 1.54) is 17.6 Å². The van der Waals surface area contributed by atoms with E-state index in [0.29, 0.717) is 26.5 Å². The van der Waals surface area contributed by atoms with Crippen LogP contribution in [-0.4, -0.2) is 24.2 Å². The van der Waals surface area contributed by atoms with Crippen molar-refractivity contribution in [2.75, 3.05) is 6.26 Å². The fourth-order valence-electron chi connectivity index (χ4n) is 2.88. The molecule has 0 N–H and O–H groups in total. The average molecular weight is 449 g/mol. The van der Waals surface area contributed by atoms with Gasteiger partial charge < -0.3 is 0 Å². The number of rotatable bonds is 4. The zero-order valence-electron chi connectivity index (χ0n) is 14.6. The lowest BCUT2D eigenvalue weighted by molar-refractivity contribution is 0.602. The first-order chi connectivity index (χ1) is 13.3. The first kappa shape index (κ1) is 19.2. The molecule has 2 aromatic heterocycles. The van der Waals surface area contributed by atoms with E-state index in [1.54, 1.807) is 42.6 Å². The molecular weight excluding hydrogens is 435 g/mol. The van der Waals surface area contributed by atoms with Gasteiger partial charge in [-0.1, -0.05) is 41.4 Å². The molecule has 28 heavy (non-hydrogen) atoms. The zero-order valence-corrected chi connectivity index (χ0v) is 17.8. The van der Waals surface area contributed by atoms with Gasteiger partial charge in [-0.2, -0.15) is 0 Å². The lowest BCUT2D eigenvalue weighted by atomic mass is 10.2. The summed E-state index contributed by atoms with van der Waals surface area (Å²) in [6, 6.07) is 16.2. The maximum atomic E-state index is 11.8. The highest BCUT2D eigenvalue weighted by molar-refractivity contribution is 7.90. The number of sulfone groups is 1. The molecule has 4 nitrogen and oxygen atoms in total. The maximum Gasteiger partial charge on any atom is 0.175 e. The third-order valence-corrected chi connectivity index (χ3v) is 7.04. The summed E-state index contributed by atoms with van der Waals surface area (Å²) in [5.74, 6) is 0.713. The predicted octanol–water partition coefficient (Wildman–Crippen LogP) is 5.98. The van der Waals surface area contributed by atoms with Gasteiger partial charge in [0.05, 0.1) is 25.5 Å². The molecule has 0 aliphatic carbocycles. The Kier molecular flexibility index (Phi) is 5.05. The molecule has 0 radical (unpaired) electrons. The van der Waals surface area contributed by atoms with Crippen LogP contribution in [0.25, 0.3) is 26.8 Å². The van der Waals surface area contributed by atoms with E-state index >= 15 is 0 Å². The minimum absolute atomic E-state index is 0.296.